The van der Waals surface area contributed by atoms with Crippen LogP contribution in [0.3, 0.4) is 0 Å². The number of fused-ring (bicyclic) bond motifs is 1. The van der Waals surface area contributed by atoms with Crippen molar-refractivity contribution in [1.29, 1.82) is 0 Å². The number of rotatable bonds is 9. The lowest BCUT2D eigenvalue weighted by atomic mass is 9.78. The summed E-state index contributed by atoms with van der Waals surface area (Å²) in [5.41, 5.74) is 9.29. The molecule has 6 heteroatoms. The standard InChI is InChI=1S/C27H29N3O3/c1-27(2,19-8-4-3-5-9-19)20-12-14-22(15-13-20)33-18-21(31)17-30-24-11-7-6-10-23(24)29-26(30)16-25(28)32/h3-15,21,31H,16-18H2,1-2H3,(H2,28,32)/t21-/m1/s1. The fourth-order valence-corrected chi connectivity index (χ4v) is 4.07. The van der Waals surface area contributed by atoms with E-state index in [-0.39, 0.29) is 25.0 Å². The van der Waals surface area contributed by atoms with Gasteiger partial charge >= 0.3 is 0 Å². The molecule has 4 rings (SSSR count). The molecule has 170 valence electrons. The van der Waals surface area contributed by atoms with Crippen molar-refractivity contribution in [2.75, 3.05) is 6.61 Å². The normalized spacial score (nSPS) is 12.6. The van der Waals surface area contributed by atoms with Crippen LogP contribution in [0.1, 0.15) is 30.8 Å². The number of carbonyl (C=O) groups excluding carboxylic acids is 1. The average Bonchev–Trinajstić information content (AvgIpc) is 3.14. The maximum absolute atomic E-state index is 11.5. The fourth-order valence-electron chi connectivity index (χ4n) is 4.07. The number of amides is 1. The first-order chi connectivity index (χ1) is 15.8. The number of carbonyl (C=O) groups is 1. The van der Waals surface area contributed by atoms with Gasteiger partial charge in [0.05, 0.1) is 24.0 Å². The molecule has 4 aromatic rings. The molecular weight excluding hydrogens is 414 g/mol. The van der Waals surface area contributed by atoms with Crippen molar-refractivity contribution in [3.05, 3.63) is 95.8 Å². The van der Waals surface area contributed by atoms with E-state index < -0.39 is 12.0 Å². The molecule has 3 N–H and O–H groups in total. The first-order valence-electron chi connectivity index (χ1n) is 11.0. The number of ether oxygens (including phenoxy) is 1. The predicted molar refractivity (Wildman–Crippen MR) is 129 cm³/mol. The third kappa shape index (κ3) is 5.07. The van der Waals surface area contributed by atoms with Crippen molar-refractivity contribution in [3.63, 3.8) is 0 Å². The van der Waals surface area contributed by atoms with E-state index in [0.29, 0.717) is 11.6 Å². The van der Waals surface area contributed by atoms with E-state index in [4.69, 9.17) is 10.5 Å². The molecule has 0 aliphatic heterocycles. The lowest BCUT2D eigenvalue weighted by Gasteiger charge is -2.26. The number of nitrogens with two attached hydrogens (primary N) is 1. The summed E-state index contributed by atoms with van der Waals surface area (Å²) in [6.45, 7) is 4.76. The lowest BCUT2D eigenvalue weighted by Crippen LogP contribution is -2.26. The van der Waals surface area contributed by atoms with Crippen LogP contribution in [0.25, 0.3) is 11.0 Å². The van der Waals surface area contributed by atoms with Crippen molar-refractivity contribution in [2.24, 2.45) is 5.73 Å². The third-order valence-electron chi connectivity index (χ3n) is 5.97. The Kier molecular flexibility index (Phi) is 6.47. The zero-order chi connectivity index (χ0) is 23.4. The van der Waals surface area contributed by atoms with Crippen LogP contribution in [0.2, 0.25) is 0 Å². The molecule has 0 aliphatic carbocycles. The largest absolute Gasteiger partial charge is 0.491 e. The number of imidazole rings is 1. The molecule has 0 saturated carbocycles. The summed E-state index contributed by atoms with van der Waals surface area (Å²) >= 11 is 0. The van der Waals surface area contributed by atoms with E-state index in [1.165, 1.54) is 11.1 Å². The second-order valence-electron chi connectivity index (χ2n) is 8.75. The topological polar surface area (TPSA) is 90.4 Å². The van der Waals surface area contributed by atoms with Gasteiger partial charge < -0.3 is 20.1 Å². The summed E-state index contributed by atoms with van der Waals surface area (Å²) in [6, 6.07) is 25.9. The first-order valence-corrected chi connectivity index (χ1v) is 11.0. The van der Waals surface area contributed by atoms with Gasteiger partial charge in [0.2, 0.25) is 5.91 Å². The minimum absolute atomic E-state index is 0.0148. The molecule has 0 saturated heterocycles. The first kappa shape index (κ1) is 22.6. The summed E-state index contributed by atoms with van der Waals surface area (Å²) in [7, 11) is 0. The van der Waals surface area contributed by atoms with Gasteiger partial charge in [0, 0.05) is 5.41 Å². The number of para-hydroxylation sites is 2. The highest BCUT2D eigenvalue weighted by Gasteiger charge is 2.23. The number of hydrogen-bond acceptors (Lipinski definition) is 4. The molecule has 0 radical (unpaired) electrons. The summed E-state index contributed by atoms with van der Waals surface area (Å²) in [4.78, 5) is 16.0. The molecular formula is C27H29N3O3. The third-order valence-corrected chi connectivity index (χ3v) is 5.97. The number of hydrogen-bond donors (Lipinski definition) is 2. The second-order valence-corrected chi connectivity index (χ2v) is 8.75. The molecule has 3 aromatic carbocycles. The molecule has 1 atom stereocenters. The summed E-state index contributed by atoms with van der Waals surface area (Å²) < 4.78 is 7.68. The van der Waals surface area contributed by atoms with E-state index in [0.717, 1.165) is 11.0 Å². The van der Waals surface area contributed by atoms with Gasteiger partial charge in [-0.1, -0.05) is 68.4 Å². The van der Waals surface area contributed by atoms with Crippen LogP contribution in [0.5, 0.6) is 5.75 Å². The molecule has 0 spiro atoms. The molecule has 1 aromatic heterocycles. The average molecular weight is 444 g/mol. The SMILES string of the molecule is CC(C)(c1ccccc1)c1ccc(OC[C@H](O)Cn2c(CC(N)=O)nc3ccccc32)cc1. The van der Waals surface area contributed by atoms with Crippen LogP contribution in [0.4, 0.5) is 0 Å². The molecule has 6 nitrogen and oxygen atoms in total. The highest BCUT2D eigenvalue weighted by atomic mass is 16.5. The molecule has 0 fully saturated rings. The van der Waals surface area contributed by atoms with Gasteiger partial charge in [-0.25, -0.2) is 4.98 Å². The van der Waals surface area contributed by atoms with E-state index in [9.17, 15) is 9.90 Å². The van der Waals surface area contributed by atoms with Gasteiger partial charge in [-0.3, -0.25) is 4.79 Å². The smallest absolute Gasteiger partial charge is 0.225 e. The van der Waals surface area contributed by atoms with Crippen LogP contribution in [-0.2, 0) is 23.2 Å². The molecule has 1 amide bonds. The second kappa shape index (κ2) is 9.46. The minimum atomic E-state index is -0.783. The Balaban J connectivity index is 1.43. The van der Waals surface area contributed by atoms with Crippen molar-refractivity contribution in [3.8, 4) is 5.75 Å². The molecule has 0 unspecified atom stereocenters. The Morgan fingerprint density at radius 1 is 1.00 bits per heavy atom. The maximum Gasteiger partial charge on any atom is 0.225 e. The lowest BCUT2D eigenvalue weighted by molar-refractivity contribution is -0.117. The summed E-state index contributed by atoms with van der Waals surface area (Å²) in [5, 5.41) is 10.6. The van der Waals surface area contributed by atoms with Gasteiger partial charge in [-0.05, 0) is 35.4 Å². The number of aliphatic hydroxyl groups excluding tert-OH is 1. The van der Waals surface area contributed by atoms with Crippen LogP contribution in [-0.4, -0.2) is 33.3 Å². The highest BCUT2D eigenvalue weighted by Crippen LogP contribution is 2.32. The van der Waals surface area contributed by atoms with Crippen LogP contribution in [0.15, 0.2) is 78.9 Å². The summed E-state index contributed by atoms with van der Waals surface area (Å²) in [6.07, 6.45) is -0.768. The van der Waals surface area contributed by atoms with Crippen molar-refractivity contribution < 1.29 is 14.6 Å². The predicted octanol–water partition coefficient (Wildman–Crippen LogP) is 3.83. The van der Waals surface area contributed by atoms with Crippen molar-refractivity contribution in [2.45, 2.75) is 38.3 Å². The van der Waals surface area contributed by atoms with Gasteiger partial charge in [0.1, 0.15) is 24.3 Å². The fraction of sp³-hybridized carbons (Fsp3) is 0.259. The Hall–Kier alpha value is -3.64. The van der Waals surface area contributed by atoms with E-state index in [1.54, 1.807) is 0 Å². The molecule has 0 bridgehead atoms. The Bertz CT molecular complexity index is 1230. The zero-order valence-corrected chi connectivity index (χ0v) is 18.9. The zero-order valence-electron chi connectivity index (χ0n) is 18.9. The quantitative estimate of drug-likeness (QED) is 0.411. The van der Waals surface area contributed by atoms with Crippen LogP contribution < -0.4 is 10.5 Å². The van der Waals surface area contributed by atoms with Crippen molar-refractivity contribution in [1.82, 2.24) is 9.55 Å². The number of aromatic nitrogens is 2. The Morgan fingerprint density at radius 2 is 1.64 bits per heavy atom. The van der Waals surface area contributed by atoms with E-state index in [2.05, 4.69) is 43.1 Å². The molecule has 0 aliphatic rings. The number of primary amides is 1. The van der Waals surface area contributed by atoms with Crippen LogP contribution in [0, 0.1) is 0 Å². The van der Waals surface area contributed by atoms with Gasteiger partial charge in [-0.15, -0.1) is 0 Å². The van der Waals surface area contributed by atoms with Gasteiger partial charge in [0.25, 0.3) is 0 Å². The minimum Gasteiger partial charge on any atom is -0.491 e. The number of benzene rings is 3. The Labute approximate surface area is 193 Å². The van der Waals surface area contributed by atoms with E-state index in [1.807, 2.05) is 59.2 Å². The Morgan fingerprint density at radius 3 is 2.33 bits per heavy atom. The van der Waals surface area contributed by atoms with Gasteiger partial charge in [0.15, 0.2) is 0 Å². The number of nitrogens with zero attached hydrogens (tertiary/aromatic N) is 2. The van der Waals surface area contributed by atoms with Crippen LogP contribution >= 0.6 is 0 Å². The van der Waals surface area contributed by atoms with E-state index >= 15 is 0 Å². The maximum atomic E-state index is 11.5. The molecule has 33 heavy (non-hydrogen) atoms. The van der Waals surface area contributed by atoms with Gasteiger partial charge in [-0.2, -0.15) is 0 Å². The van der Waals surface area contributed by atoms with Crippen molar-refractivity contribution >= 4 is 16.9 Å². The monoisotopic (exact) mass is 443 g/mol. The number of aliphatic hydroxyl groups is 1. The summed E-state index contributed by atoms with van der Waals surface area (Å²) in [5.74, 6) is 0.764. The molecule has 1 heterocycles. The highest BCUT2D eigenvalue weighted by molar-refractivity contribution is 5.80.